The van der Waals surface area contributed by atoms with Crippen molar-refractivity contribution in [2.24, 2.45) is 4.99 Å². The first-order valence-corrected chi connectivity index (χ1v) is 11.7. The molecule has 1 saturated heterocycles. The Labute approximate surface area is 205 Å². The van der Waals surface area contributed by atoms with Crippen molar-refractivity contribution in [1.82, 2.24) is 14.7 Å². The Morgan fingerprint density at radius 2 is 1.94 bits per heavy atom. The zero-order valence-electron chi connectivity index (χ0n) is 18.8. The molecule has 0 unspecified atom stereocenters. The van der Waals surface area contributed by atoms with E-state index in [0.29, 0.717) is 53.2 Å². The minimum atomic E-state index is -0.493. The zero-order valence-corrected chi connectivity index (χ0v) is 19.6. The lowest BCUT2D eigenvalue weighted by Gasteiger charge is -2.27. The van der Waals surface area contributed by atoms with E-state index in [2.05, 4.69) is 4.99 Å². The summed E-state index contributed by atoms with van der Waals surface area (Å²) >= 11 is 1.31. The first-order chi connectivity index (χ1) is 17.0. The van der Waals surface area contributed by atoms with Crippen molar-refractivity contribution in [1.29, 1.82) is 0 Å². The van der Waals surface area contributed by atoms with Crippen LogP contribution in [0.25, 0.3) is 23.0 Å². The van der Waals surface area contributed by atoms with Crippen molar-refractivity contribution in [2.45, 2.75) is 0 Å². The van der Waals surface area contributed by atoms with E-state index in [1.807, 2.05) is 35.2 Å². The fraction of sp³-hybridized carbons (Fsp3) is 0.208. The average Bonchev–Trinajstić information content (AvgIpc) is 3.48. The number of thioether (sulfide) groups is 1. The van der Waals surface area contributed by atoms with Crippen molar-refractivity contribution < 1.29 is 19.2 Å². The number of para-hydroxylation sites is 1. The molecule has 0 N–H and O–H groups in total. The summed E-state index contributed by atoms with van der Waals surface area (Å²) in [7, 11) is 1.39. The molecule has 0 saturated carbocycles. The summed E-state index contributed by atoms with van der Waals surface area (Å²) in [6.45, 7) is 2.55. The van der Waals surface area contributed by atoms with Crippen molar-refractivity contribution in [3.63, 3.8) is 0 Å². The molecular weight excluding hydrogens is 470 g/mol. The molecule has 0 radical (unpaired) electrons. The molecule has 2 aromatic carbocycles. The van der Waals surface area contributed by atoms with Gasteiger partial charge in [-0.15, -0.1) is 0 Å². The van der Waals surface area contributed by atoms with Gasteiger partial charge in [0.15, 0.2) is 10.9 Å². The number of nitro groups is 1. The van der Waals surface area contributed by atoms with E-state index in [0.717, 1.165) is 5.69 Å². The first-order valence-electron chi connectivity index (χ1n) is 10.9. The Hall–Kier alpha value is -3.96. The minimum Gasteiger partial charge on any atom is -0.490 e. The molecule has 35 heavy (non-hydrogen) atoms. The van der Waals surface area contributed by atoms with E-state index in [9.17, 15) is 14.9 Å². The molecule has 178 valence electrons. The highest BCUT2D eigenvalue weighted by Gasteiger charge is 2.28. The number of aromatic nitrogens is 2. The highest BCUT2D eigenvalue weighted by molar-refractivity contribution is 8.18. The summed E-state index contributed by atoms with van der Waals surface area (Å²) in [5, 5.41) is 17.0. The molecule has 3 heterocycles. The van der Waals surface area contributed by atoms with E-state index in [1.165, 1.54) is 24.9 Å². The Morgan fingerprint density at radius 3 is 2.66 bits per heavy atom. The number of aliphatic imine (C=N–C) groups is 1. The van der Waals surface area contributed by atoms with Gasteiger partial charge in [0.25, 0.3) is 5.91 Å². The fourth-order valence-corrected chi connectivity index (χ4v) is 4.80. The number of nitrogens with zero attached hydrogens (tertiary/aromatic N) is 5. The zero-order chi connectivity index (χ0) is 24.4. The number of hydrogen-bond donors (Lipinski definition) is 0. The predicted molar refractivity (Wildman–Crippen MR) is 133 cm³/mol. The van der Waals surface area contributed by atoms with Gasteiger partial charge in [-0.25, -0.2) is 4.68 Å². The van der Waals surface area contributed by atoms with Crippen LogP contribution in [-0.4, -0.2) is 64.1 Å². The smallest absolute Gasteiger partial charge is 0.311 e. The molecule has 0 bridgehead atoms. The lowest BCUT2D eigenvalue weighted by atomic mass is 10.1. The van der Waals surface area contributed by atoms with Crippen molar-refractivity contribution >= 4 is 34.6 Å². The molecule has 3 aromatic rings. The topological polar surface area (TPSA) is 112 Å². The molecule has 2 aliphatic heterocycles. The summed E-state index contributed by atoms with van der Waals surface area (Å²) < 4.78 is 12.2. The van der Waals surface area contributed by atoms with E-state index < -0.39 is 4.92 Å². The molecule has 10 nitrogen and oxygen atoms in total. The van der Waals surface area contributed by atoms with E-state index in [-0.39, 0.29) is 17.3 Å². The number of rotatable bonds is 5. The number of amidine groups is 1. The van der Waals surface area contributed by atoms with Crippen LogP contribution in [0.4, 0.5) is 5.69 Å². The molecule has 1 aromatic heterocycles. The second-order valence-electron chi connectivity index (χ2n) is 7.77. The Bertz CT molecular complexity index is 1350. The van der Waals surface area contributed by atoms with Crippen LogP contribution in [0.1, 0.15) is 5.56 Å². The van der Waals surface area contributed by atoms with E-state index in [4.69, 9.17) is 14.6 Å². The van der Waals surface area contributed by atoms with Crippen LogP contribution >= 0.6 is 11.8 Å². The molecule has 0 aliphatic carbocycles. The Balaban J connectivity index is 1.56. The average molecular weight is 492 g/mol. The quantitative estimate of drug-likeness (QED) is 0.301. The number of ether oxygens (including phenoxy) is 2. The standard InChI is InChI=1S/C24H21N5O5S/c1-33-20-8-7-16(13-19(20)29(31)32)22-17(15-28(26-22)18-5-3-2-4-6-18)14-21-23(30)25-24(35-21)27-9-11-34-12-10-27/h2-8,13-15H,9-12H2,1H3/b21-14-. The Kier molecular flexibility index (Phi) is 6.34. The lowest BCUT2D eigenvalue weighted by molar-refractivity contribution is -0.385. The van der Waals surface area contributed by atoms with Gasteiger partial charge in [-0.1, -0.05) is 18.2 Å². The summed E-state index contributed by atoms with van der Waals surface area (Å²) in [5.74, 6) is -0.165. The SMILES string of the molecule is COc1ccc(-c2nn(-c3ccccc3)cc2/C=C2\SC(N3CCOCC3)=NC2=O)cc1[N+](=O)[O-]. The second-order valence-corrected chi connectivity index (χ2v) is 8.78. The number of carbonyl (C=O) groups excluding carboxylic acids is 1. The first kappa shape index (κ1) is 22.8. The monoisotopic (exact) mass is 491 g/mol. The highest BCUT2D eigenvalue weighted by atomic mass is 32.2. The minimum absolute atomic E-state index is 0.159. The maximum Gasteiger partial charge on any atom is 0.311 e. The van der Waals surface area contributed by atoms with Crippen molar-refractivity contribution in [3.05, 3.63) is 75.3 Å². The predicted octanol–water partition coefficient (Wildman–Crippen LogP) is 3.76. The van der Waals surface area contributed by atoms with Gasteiger partial charge < -0.3 is 14.4 Å². The summed E-state index contributed by atoms with van der Waals surface area (Å²) in [6.07, 6.45) is 3.54. The maximum absolute atomic E-state index is 12.7. The van der Waals surface area contributed by atoms with Gasteiger partial charge >= 0.3 is 5.69 Å². The third-order valence-electron chi connectivity index (χ3n) is 5.59. The largest absolute Gasteiger partial charge is 0.490 e. The molecule has 0 spiro atoms. The normalized spacial score (nSPS) is 17.1. The van der Waals surface area contributed by atoms with Crippen LogP contribution in [0.3, 0.4) is 0 Å². The number of amides is 1. The molecule has 2 aliphatic rings. The number of carbonyl (C=O) groups is 1. The summed E-state index contributed by atoms with van der Waals surface area (Å²) in [6, 6.07) is 14.2. The van der Waals surface area contributed by atoms with Crippen LogP contribution in [0.15, 0.2) is 64.6 Å². The van der Waals surface area contributed by atoms with Crippen LogP contribution in [0.5, 0.6) is 5.75 Å². The van der Waals surface area contributed by atoms with Crippen LogP contribution in [0, 0.1) is 10.1 Å². The van der Waals surface area contributed by atoms with Gasteiger partial charge in [-0.3, -0.25) is 14.9 Å². The lowest BCUT2D eigenvalue weighted by Crippen LogP contribution is -2.38. The van der Waals surface area contributed by atoms with Gasteiger partial charge in [0.2, 0.25) is 0 Å². The number of methoxy groups -OCH3 is 1. The van der Waals surface area contributed by atoms with Gasteiger partial charge in [-0.2, -0.15) is 10.1 Å². The van der Waals surface area contributed by atoms with Gasteiger partial charge in [0.05, 0.1) is 35.8 Å². The molecule has 0 atom stereocenters. The maximum atomic E-state index is 12.7. The van der Waals surface area contributed by atoms with Crippen LogP contribution in [0.2, 0.25) is 0 Å². The third kappa shape index (κ3) is 4.68. The third-order valence-corrected chi connectivity index (χ3v) is 6.63. The molecule has 1 amide bonds. The van der Waals surface area contributed by atoms with Gasteiger partial charge in [0, 0.05) is 36.5 Å². The molecule has 1 fully saturated rings. The second kappa shape index (κ2) is 9.72. The van der Waals surface area contributed by atoms with Crippen LogP contribution in [-0.2, 0) is 9.53 Å². The van der Waals surface area contributed by atoms with E-state index in [1.54, 1.807) is 29.1 Å². The molecular formula is C24H21N5O5S. The van der Waals surface area contributed by atoms with Gasteiger partial charge in [-0.05, 0) is 42.1 Å². The van der Waals surface area contributed by atoms with Crippen molar-refractivity contribution in [2.75, 3.05) is 33.4 Å². The molecule has 5 rings (SSSR count). The number of benzene rings is 2. The number of morpholine rings is 1. The van der Waals surface area contributed by atoms with Gasteiger partial charge in [0.1, 0.15) is 5.69 Å². The summed E-state index contributed by atoms with van der Waals surface area (Å²) in [5.41, 5.74) is 2.32. The highest BCUT2D eigenvalue weighted by Crippen LogP contribution is 2.36. The van der Waals surface area contributed by atoms with Crippen LogP contribution < -0.4 is 4.74 Å². The van der Waals surface area contributed by atoms with E-state index >= 15 is 0 Å². The number of nitro benzene ring substituents is 1. The summed E-state index contributed by atoms with van der Waals surface area (Å²) in [4.78, 5) is 30.5. The molecule has 11 heteroatoms. The number of hydrogen-bond acceptors (Lipinski definition) is 8. The van der Waals surface area contributed by atoms with Crippen molar-refractivity contribution in [3.8, 4) is 22.7 Å². The fourth-order valence-electron chi connectivity index (χ4n) is 3.84. The Morgan fingerprint density at radius 1 is 1.17 bits per heavy atom.